The second-order valence-electron chi connectivity index (χ2n) is 8.97. The number of hydroxylamine groups is 2. The quantitative estimate of drug-likeness (QED) is 0.397. The number of aromatic nitrogens is 3. The van der Waals surface area contributed by atoms with Crippen LogP contribution in [0.3, 0.4) is 0 Å². The third kappa shape index (κ3) is 4.08. The molecule has 1 atom stereocenters. The maximum absolute atomic E-state index is 13.7. The maximum Gasteiger partial charge on any atom is 0.331 e. The molecule has 1 saturated heterocycles. The average molecular weight is 533 g/mol. The summed E-state index contributed by atoms with van der Waals surface area (Å²) in [5, 5.41) is 11.2. The van der Waals surface area contributed by atoms with Gasteiger partial charge in [-0.05, 0) is 30.3 Å². The lowest BCUT2D eigenvalue weighted by Gasteiger charge is -2.15. The van der Waals surface area contributed by atoms with E-state index >= 15 is 0 Å². The maximum atomic E-state index is 13.7. The Morgan fingerprint density at radius 2 is 1.97 bits per heavy atom. The van der Waals surface area contributed by atoms with Crippen LogP contribution in [0.1, 0.15) is 29.1 Å². The van der Waals surface area contributed by atoms with E-state index in [1.165, 1.54) is 29.7 Å². The van der Waals surface area contributed by atoms with Gasteiger partial charge in [-0.1, -0.05) is 26.0 Å². The van der Waals surface area contributed by atoms with E-state index in [0.29, 0.717) is 20.2 Å². The highest BCUT2D eigenvalue weighted by Crippen LogP contribution is 2.33. The zero-order valence-electron chi connectivity index (χ0n) is 19.4. The summed E-state index contributed by atoms with van der Waals surface area (Å²) in [5.74, 6) is -0.370. The molecule has 0 spiro atoms. The average Bonchev–Trinajstić information content (AvgIpc) is 3.50. The van der Waals surface area contributed by atoms with Gasteiger partial charge in [0.25, 0.3) is 11.5 Å². The predicted octanol–water partition coefficient (Wildman–Crippen LogP) is 2.96. The van der Waals surface area contributed by atoms with Crippen LogP contribution in [0.4, 0.5) is 0 Å². The van der Waals surface area contributed by atoms with Gasteiger partial charge in [-0.25, -0.2) is 9.86 Å². The number of hydrogen-bond donors (Lipinski definition) is 1. The van der Waals surface area contributed by atoms with Crippen LogP contribution in [0.15, 0.2) is 33.9 Å². The summed E-state index contributed by atoms with van der Waals surface area (Å²) in [6.45, 7) is 4.64. The molecule has 4 aromatic rings. The number of fused-ring (bicyclic) bond motifs is 2. The molecule has 1 amide bonds. The molecule has 1 aliphatic rings. The van der Waals surface area contributed by atoms with Crippen molar-refractivity contribution >= 4 is 61.2 Å². The van der Waals surface area contributed by atoms with Crippen LogP contribution in [-0.2, 0) is 25.0 Å². The second kappa shape index (κ2) is 9.10. The molecule has 35 heavy (non-hydrogen) atoms. The highest BCUT2D eigenvalue weighted by molar-refractivity contribution is 7.73. The Hall–Kier alpha value is -2.64. The molecule has 0 bridgehead atoms. The molecule has 184 valence electrons. The lowest BCUT2D eigenvalue weighted by Crippen LogP contribution is -2.39. The molecular formula is C23H24N4O5S3. The van der Waals surface area contributed by atoms with E-state index in [0.717, 1.165) is 19.8 Å². The Bertz CT molecular complexity index is 1640. The fourth-order valence-corrected chi connectivity index (χ4v) is 6.88. The molecule has 0 radical (unpaired) electrons. The normalized spacial score (nSPS) is 16.3. The number of rotatable bonds is 5. The van der Waals surface area contributed by atoms with Gasteiger partial charge in [-0.2, -0.15) is 0 Å². The first-order chi connectivity index (χ1) is 16.7. The number of thiazole rings is 1. The zero-order valence-corrected chi connectivity index (χ0v) is 21.8. The molecule has 0 saturated carbocycles. The Morgan fingerprint density at radius 3 is 2.66 bits per heavy atom. The van der Waals surface area contributed by atoms with Gasteiger partial charge in [0.1, 0.15) is 17.5 Å². The molecular weight excluding hydrogens is 508 g/mol. The van der Waals surface area contributed by atoms with Crippen LogP contribution >= 0.6 is 34.9 Å². The fraction of sp³-hybridized carbons (Fsp3) is 0.391. The van der Waals surface area contributed by atoms with Gasteiger partial charge >= 0.3 is 5.69 Å². The number of β-amino-alcohol motifs (C(OH)–C–C–N with tert-alkyl or cyclic N) is 1. The highest BCUT2D eigenvalue weighted by Gasteiger charge is 2.33. The van der Waals surface area contributed by atoms with Gasteiger partial charge in [0.2, 0.25) is 0 Å². The Kier molecular flexibility index (Phi) is 6.26. The summed E-state index contributed by atoms with van der Waals surface area (Å²) in [6.07, 6.45) is -0.802. The van der Waals surface area contributed by atoms with Crippen molar-refractivity contribution in [2.45, 2.75) is 33.0 Å². The summed E-state index contributed by atoms with van der Waals surface area (Å²) in [5.41, 5.74) is 0.163. The summed E-state index contributed by atoms with van der Waals surface area (Å²) in [4.78, 5) is 46.5. The first kappa shape index (κ1) is 24.1. The smallest absolute Gasteiger partial charge is 0.331 e. The number of aliphatic hydroxyl groups excluding tert-OH is 1. The highest BCUT2D eigenvalue weighted by atomic mass is 32.1. The van der Waals surface area contributed by atoms with Crippen LogP contribution in [0.5, 0.6) is 0 Å². The minimum atomic E-state index is -0.802. The number of amides is 1. The molecule has 1 aromatic carbocycles. The SMILES string of the molecule is CC(C)Cn1c(=O)n(C)c(=O)c2c(C(=O)N3CC(O)CO3)c(Cn3c(=S)sc4ccccc43)sc21. The molecule has 12 heteroatoms. The van der Waals surface area contributed by atoms with E-state index in [2.05, 4.69) is 0 Å². The minimum absolute atomic E-state index is 0.000559. The number of nitrogens with zero attached hydrogens (tertiary/aromatic N) is 4. The molecule has 5 rings (SSSR count). The fourth-order valence-electron chi connectivity index (χ4n) is 4.29. The van der Waals surface area contributed by atoms with Crippen molar-refractivity contribution in [1.29, 1.82) is 0 Å². The van der Waals surface area contributed by atoms with Crippen molar-refractivity contribution < 1.29 is 14.7 Å². The summed E-state index contributed by atoms with van der Waals surface area (Å²) in [7, 11) is 1.42. The molecule has 0 aliphatic carbocycles. The van der Waals surface area contributed by atoms with Crippen LogP contribution < -0.4 is 11.2 Å². The van der Waals surface area contributed by atoms with E-state index < -0.39 is 23.3 Å². The van der Waals surface area contributed by atoms with Crippen molar-refractivity contribution in [3.63, 3.8) is 0 Å². The van der Waals surface area contributed by atoms with Crippen molar-refractivity contribution in [2.24, 2.45) is 13.0 Å². The van der Waals surface area contributed by atoms with Crippen molar-refractivity contribution in [1.82, 2.24) is 18.8 Å². The first-order valence-electron chi connectivity index (χ1n) is 11.1. The van der Waals surface area contributed by atoms with E-state index in [1.54, 1.807) is 4.57 Å². The lowest BCUT2D eigenvalue weighted by molar-refractivity contribution is -0.0778. The van der Waals surface area contributed by atoms with Gasteiger partial charge in [-0.3, -0.25) is 23.6 Å². The molecule has 1 N–H and O–H groups in total. The molecule has 4 heterocycles. The third-order valence-corrected chi connectivity index (χ3v) is 8.53. The van der Waals surface area contributed by atoms with E-state index in [1.807, 2.05) is 42.7 Å². The number of thiophene rings is 1. The van der Waals surface area contributed by atoms with Crippen molar-refractivity contribution in [3.8, 4) is 0 Å². The van der Waals surface area contributed by atoms with Crippen molar-refractivity contribution in [3.05, 3.63) is 59.5 Å². The molecule has 1 fully saturated rings. The zero-order chi connectivity index (χ0) is 25.0. The Balaban J connectivity index is 1.79. The van der Waals surface area contributed by atoms with Gasteiger partial charge < -0.3 is 9.67 Å². The number of carbonyl (C=O) groups is 1. The number of carbonyl (C=O) groups excluding carboxylic acids is 1. The molecule has 9 nitrogen and oxygen atoms in total. The Morgan fingerprint density at radius 1 is 1.23 bits per heavy atom. The van der Waals surface area contributed by atoms with Gasteiger partial charge in [0, 0.05) is 18.5 Å². The monoisotopic (exact) mass is 532 g/mol. The number of para-hydroxylation sites is 1. The minimum Gasteiger partial charge on any atom is -0.389 e. The summed E-state index contributed by atoms with van der Waals surface area (Å²) in [6, 6.07) is 7.81. The van der Waals surface area contributed by atoms with Crippen molar-refractivity contribution in [2.75, 3.05) is 13.2 Å². The third-order valence-electron chi connectivity index (χ3n) is 5.91. The molecule has 1 aliphatic heterocycles. The van der Waals surface area contributed by atoms with E-state index in [-0.39, 0.29) is 36.6 Å². The summed E-state index contributed by atoms with van der Waals surface area (Å²) >= 11 is 8.35. The topological polar surface area (TPSA) is 98.7 Å². The van der Waals surface area contributed by atoms with E-state index in [9.17, 15) is 19.5 Å². The number of hydrogen-bond acceptors (Lipinski definition) is 8. The molecule has 3 aromatic heterocycles. The van der Waals surface area contributed by atoms with Gasteiger partial charge in [-0.15, -0.1) is 22.7 Å². The van der Waals surface area contributed by atoms with Gasteiger partial charge in [0.05, 0.1) is 34.3 Å². The Labute approximate surface area is 213 Å². The number of aliphatic hydroxyl groups is 1. The van der Waals surface area contributed by atoms with E-state index in [4.69, 9.17) is 17.1 Å². The number of benzene rings is 1. The second-order valence-corrected chi connectivity index (χ2v) is 11.7. The molecule has 1 unspecified atom stereocenters. The van der Waals surface area contributed by atoms with Gasteiger partial charge in [0.15, 0.2) is 3.95 Å². The first-order valence-corrected chi connectivity index (χ1v) is 13.2. The lowest BCUT2D eigenvalue weighted by atomic mass is 10.1. The predicted molar refractivity (Wildman–Crippen MR) is 139 cm³/mol. The van der Waals surface area contributed by atoms with Crippen LogP contribution in [-0.4, -0.2) is 49.0 Å². The standard InChI is InChI=1S/C23H24N4O5S3/c1-12(2)8-26-21-18(19(29)24(3)22(26)31)17(20(30)27-9-13(28)11-32-27)16(34-21)10-25-14-6-4-5-7-15(14)35-23(25)33/h4-7,12-13,28H,8-11H2,1-3H3. The largest absolute Gasteiger partial charge is 0.389 e. The van der Waals surface area contributed by atoms with Crippen LogP contribution in [0.2, 0.25) is 0 Å². The van der Waals surface area contributed by atoms with Crippen LogP contribution in [0.25, 0.3) is 20.4 Å². The van der Waals surface area contributed by atoms with Crippen LogP contribution in [0, 0.1) is 9.87 Å². The summed E-state index contributed by atoms with van der Waals surface area (Å²) < 4.78 is 6.21.